The first kappa shape index (κ1) is 18.3. The number of aliphatic hydroxyl groups is 2. The second-order valence-corrected chi connectivity index (χ2v) is 5.83. The highest BCUT2D eigenvalue weighted by Crippen LogP contribution is 2.38. The molecule has 26 heavy (non-hydrogen) atoms. The molecule has 0 amide bonds. The highest BCUT2D eigenvalue weighted by atomic mass is 17.2. The molecular formula is C21H21NO4. The van der Waals surface area contributed by atoms with Crippen LogP contribution in [0.4, 0.5) is 0 Å². The Bertz CT molecular complexity index is 711. The smallest absolute Gasteiger partial charge is 0.328 e. The second-order valence-electron chi connectivity index (χ2n) is 5.83. The van der Waals surface area contributed by atoms with Gasteiger partial charge in [-0.2, -0.15) is 4.89 Å². The predicted octanol–water partition coefficient (Wildman–Crippen LogP) is 2.74. The fourth-order valence-electron chi connectivity index (χ4n) is 3.16. The largest absolute Gasteiger partial charge is 0.374 e. The molecule has 0 bridgehead atoms. The van der Waals surface area contributed by atoms with Crippen molar-refractivity contribution in [1.29, 1.82) is 0 Å². The maximum Gasteiger partial charge on any atom is 0.374 e. The Morgan fingerprint density at radius 2 is 1.00 bits per heavy atom. The normalized spacial score (nSPS) is 12.1. The van der Waals surface area contributed by atoms with Crippen molar-refractivity contribution in [2.24, 2.45) is 0 Å². The predicted molar refractivity (Wildman–Crippen MR) is 97.6 cm³/mol. The zero-order valence-corrected chi connectivity index (χ0v) is 14.4. The topological polar surface area (TPSA) is 71.0 Å². The summed E-state index contributed by atoms with van der Waals surface area (Å²) in [5.41, 5.74) is 1.34. The molecule has 3 aromatic carbocycles. The molecule has 0 aromatic heterocycles. The van der Waals surface area contributed by atoms with Crippen molar-refractivity contribution in [3.05, 3.63) is 108 Å². The fourth-order valence-corrected chi connectivity index (χ4v) is 3.16. The van der Waals surface area contributed by atoms with Gasteiger partial charge in [-0.05, 0) is 16.7 Å². The SMILES string of the molecule is COOC(O)(O)NC(c1ccccc1)(c1ccccc1)c1ccccc1. The van der Waals surface area contributed by atoms with E-state index in [1.165, 1.54) is 7.11 Å². The van der Waals surface area contributed by atoms with Gasteiger partial charge in [0.25, 0.3) is 0 Å². The van der Waals surface area contributed by atoms with Crippen LogP contribution in [0, 0.1) is 0 Å². The molecule has 0 aliphatic heterocycles. The Kier molecular flexibility index (Phi) is 5.46. The molecule has 0 aliphatic carbocycles. The number of benzene rings is 3. The highest BCUT2D eigenvalue weighted by molar-refractivity contribution is 5.49. The number of nitrogens with one attached hydrogen (secondary N) is 1. The van der Waals surface area contributed by atoms with Crippen molar-refractivity contribution in [3.8, 4) is 0 Å². The van der Waals surface area contributed by atoms with Crippen LogP contribution >= 0.6 is 0 Å². The van der Waals surface area contributed by atoms with Crippen molar-refractivity contribution in [1.82, 2.24) is 5.32 Å². The third-order valence-corrected chi connectivity index (χ3v) is 4.17. The Labute approximate surface area is 152 Å². The zero-order chi connectivity index (χ0) is 18.5. The molecule has 0 saturated carbocycles. The molecule has 3 aromatic rings. The van der Waals surface area contributed by atoms with E-state index in [-0.39, 0.29) is 0 Å². The van der Waals surface area contributed by atoms with Crippen molar-refractivity contribution in [3.63, 3.8) is 0 Å². The third kappa shape index (κ3) is 3.67. The summed E-state index contributed by atoms with van der Waals surface area (Å²) in [4.78, 5) is 9.15. The zero-order valence-electron chi connectivity index (χ0n) is 14.4. The molecule has 0 heterocycles. The maximum absolute atomic E-state index is 10.3. The Morgan fingerprint density at radius 3 is 1.31 bits per heavy atom. The summed E-state index contributed by atoms with van der Waals surface area (Å²) in [7, 11) is 1.21. The van der Waals surface area contributed by atoms with Gasteiger partial charge in [0.15, 0.2) is 0 Å². The Balaban J connectivity index is 2.28. The highest BCUT2D eigenvalue weighted by Gasteiger charge is 2.44. The Morgan fingerprint density at radius 1 is 0.654 bits per heavy atom. The van der Waals surface area contributed by atoms with E-state index in [9.17, 15) is 10.2 Å². The van der Waals surface area contributed by atoms with E-state index in [2.05, 4.69) is 15.1 Å². The lowest BCUT2D eigenvalue weighted by molar-refractivity contribution is -0.494. The van der Waals surface area contributed by atoms with E-state index in [4.69, 9.17) is 0 Å². The van der Waals surface area contributed by atoms with Gasteiger partial charge in [-0.3, -0.25) is 0 Å². The van der Waals surface area contributed by atoms with Gasteiger partial charge >= 0.3 is 6.10 Å². The van der Waals surface area contributed by atoms with E-state index >= 15 is 0 Å². The lowest BCUT2D eigenvalue weighted by Gasteiger charge is -2.40. The summed E-state index contributed by atoms with van der Waals surface area (Å²) < 4.78 is 0. The summed E-state index contributed by atoms with van der Waals surface area (Å²) >= 11 is 0. The van der Waals surface area contributed by atoms with Gasteiger partial charge < -0.3 is 10.2 Å². The van der Waals surface area contributed by atoms with Gasteiger partial charge in [0.1, 0.15) is 5.54 Å². The minimum atomic E-state index is -2.73. The summed E-state index contributed by atoms with van der Waals surface area (Å²) in [6.45, 7) is 0. The number of hydrogen-bond donors (Lipinski definition) is 3. The fraction of sp³-hybridized carbons (Fsp3) is 0.143. The monoisotopic (exact) mass is 351 g/mol. The molecule has 0 spiro atoms. The number of rotatable bonds is 7. The Hall–Kier alpha value is -2.54. The van der Waals surface area contributed by atoms with Crippen LogP contribution in [0.1, 0.15) is 16.7 Å². The van der Waals surface area contributed by atoms with E-state index < -0.39 is 11.6 Å². The van der Waals surface area contributed by atoms with Gasteiger partial charge in [-0.1, -0.05) is 91.0 Å². The van der Waals surface area contributed by atoms with Gasteiger partial charge in [-0.15, -0.1) is 0 Å². The van der Waals surface area contributed by atoms with E-state index in [1.54, 1.807) is 0 Å². The first-order valence-corrected chi connectivity index (χ1v) is 8.21. The minimum absolute atomic E-state index is 0.810. The number of hydrogen-bond acceptors (Lipinski definition) is 5. The van der Waals surface area contributed by atoms with Gasteiger partial charge in [0.2, 0.25) is 0 Å². The summed E-state index contributed by atoms with van der Waals surface area (Å²) in [6, 6.07) is 28.6. The van der Waals surface area contributed by atoms with E-state index in [0.717, 1.165) is 16.7 Å². The van der Waals surface area contributed by atoms with Crippen LogP contribution < -0.4 is 5.32 Å². The van der Waals surface area contributed by atoms with Crippen molar-refractivity contribution >= 4 is 0 Å². The molecule has 134 valence electrons. The van der Waals surface area contributed by atoms with Crippen LogP contribution in [0.5, 0.6) is 0 Å². The van der Waals surface area contributed by atoms with E-state index in [1.807, 2.05) is 91.0 Å². The molecule has 0 atom stereocenters. The lowest BCUT2D eigenvalue weighted by Crippen LogP contribution is -2.59. The molecule has 5 nitrogen and oxygen atoms in total. The minimum Gasteiger partial charge on any atom is -0.328 e. The molecule has 0 aliphatic rings. The van der Waals surface area contributed by atoms with Crippen LogP contribution in [-0.2, 0) is 15.3 Å². The van der Waals surface area contributed by atoms with Gasteiger partial charge in [0.05, 0.1) is 7.11 Å². The summed E-state index contributed by atoms with van der Waals surface area (Å²) in [5.74, 6) is 0. The molecule has 3 N–H and O–H groups in total. The van der Waals surface area contributed by atoms with Gasteiger partial charge in [0, 0.05) is 0 Å². The molecule has 0 saturated heterocycles. The second kappa shape index (κ2) is 7.78. The van der Waals surface area contributed by atoms with Crippen LogP contribution in [0.2, 0.25) is 0 Å². The van der Waals surface area contributed by atoms with Crippen LogP contribution in [0.25, 0.3) is 0 Å². The average molecular weight is 351 g/mol. The standard InChI is InChI=1S/C21H21NO4/c1-25-26-21(23,24)22-20(17-11-5-2-6-12-17,18-13-7-3-8-14-18)19-15-9-4-10-16-19/h2-16,22-24H,1H3. The molecule has 0 radical (unpaired) electrons. The summed E-state index contributed by atoms with van der Waals surface area (Å²) in [6.07, 6.45) is -2.73. The van der Waals surface area contributed by atoms with Crippen LogP contribution in [0.15, 0.2) is 91.0 Å². The first-order valence-electron chi connectivity index (χ1n) is 8.21. The molecular weight excluding hydrogens is 330 g/mol. The van der Waals surface area contributed by atoms with Crippen molar-refractivity contribution < 1.29 is 20.0 Å². The first-order chi connectivity index (χ1) is 12.6. The lowest BCUT2D eigenvalue weighted by atomic mass is 9.77. The van der Waals surface area contributed by atoms with Crippen molar-refractivity contribution in [2.75, 3.05) is 7.11 Å². The molecule has 0 unspecified atom stereocenters. The van der Waals surface area contributed by atoms with Crippen molar-refractivity contribution in [2.45, 2.75) is 11.6 Å². The molecule has 5 heteroatoms. The molecule has 3 rings (SSSR count). The van der Waals surface area contributed by atoms with Gasteiger partial charge in [-0.25, -0.2) is 10.2 Å². The van der Waals surface area contributed by atoms with Crippen LogP contribution in [0.3, 0.4) is 0 Å². The molecule has 0 fully saturated rings. The van der Waals surface area contributed by atoms with E-state index in [0.29, 0.717) is 0 Å². The average Bonchev–Trinajstić information content (AvgIpc) is 2.68. The van der Waals surface area contributed by atoms with Crippen LogP contribution in [-0.4, -0.2) is 23.4 Å². The third-order valence-electron chi connectivity index (χ3n) is 4.17. The maximum atomic E-state index is 10.3. The quantitative estimate of drug-likeness (QED) is 0.264. The summed E-state index contributed by atoms with van der Waals surface area (Å²) in [5, 5.41) is 23.5.